The van der Waals surface area contributed by atoms with E-state index >= 15 is 0 Å². The molecule has 4 rings (SSSR count). The minimum atomic E-state index is -0.254. The molecule has 0 N–H and O–H groups in total. The van der Waals surface area contributed by atoms with E-state index in [0.29, 0.717) is 31.9 Å². The van der Waals surface area contributed by atoms with Crippen molar-refractivity contribution < 1.29 is 18.7 Å². The molecular formula is C23H26FNO3. The van der Waals surface area contributed by atoms with Gasteiger partial charge in [0, 0.05) is 12.6 Å². The van der Waals surface area contributed by atoms with Crippen LogP contribution in [0.15, 0.2) is 42.5 Å². The molecule has 2 aliphatic rings. The van der Waals surface area contributed by atoms with Crippen LogP contribution in [0, 0.1) is 5.82 Å². The lowest BCUT2D eigenvalue weighted by Crippen LogP contribution is -2.41. The summed E-state index contributed by atoms with van der Waals surface area (Å²) in [6.07, 6.45) is 5.94. The number of benzene rings is 2. The standard InChI is InChI=1S/C23H26FNO3/c24-19-9-6-17(7-10-19)16-25(20-4-2-1-3-5-20)23(26)15-18-8-11-21-22(14-18)28-13-12-27-21/h6-11,14,20H,1-5,12-13,15-16H2. The van der Waals surface area contributed by atoms with Crippen LogP contribution >= 0.6 is 0 Å². The highest BCUT2D eigenvalue weighted by atomic mass is 19.1. The first kappa shape index (κ1) is 18.8. The topological polar surface area (TPSA) is 38.8 Å². The molecule has 1 fully saturated rings. The lowest BCUT2D eigenvalue weighted by atomic mass is 9.93. The maximum absolute atomic E-state index is 13.3. The van der Waals surface area contributed by atoms with Gasteiger partial charge in [0.2, 0.25) is 5.91 Å². The number of carbonyl (C=O) groups is 1. The second-order valence-corrected chi connectivity index (χ2v) is 7.59. The predicted molar refractivity (Wildman–Crippen MR) is 105 cm³/mol. The maximum Gasteiger partial charge on any atom is 0.227 e. The largest absolute Gasteiger partial charge is 0.486 e. The summed E-state index contributed by atoms with van der Waals surface area (Å²) in [5.41, 5.74) is 1.89. The van der Waals surface area contributed by atoms with Crippen LogP contribution in [0.25, 0.3) is 0 Å². The molecule has 0 aromatic heterocycles. The second-order valence-electron chi connectivity index (χ2n) is 7.59. The zero-order chi connectivity index (χ0) is 19.3. The number of rotatable bonds is 5. The van der Waals surface area contributed by atoms with Crippen LogP contribution in [-0.2, 0) is 17.8 Å². The number of halogens is 1. The Morgan fingerprint density at radius 2 is 1.61 bits per heavy atom. The maximum atomic E-state index is 13.3. The van der Waals surface area contributed by atoms with Crippen molar-refractivity contribution >= 4 is 5.91 Å². The molecule has 1 heterocycles. The Morgan fingerprint density at radius 1 is 0.929 bits per heavy atom. The Kier molecular flexibility index (Phi) is 5.79. The molecule has 1 aliphatic heterocycles. The van der Waals surface area contributed by atoms with Crippen molar-refractivity contribution in [3.63, 3.8) is 0 Å². The second kappa shape index (κ2) is 8.63. The minimum absolute atomic E-state index is 0.105. The van der Waals surface area contributed by atoms with Crippen LogP contribution in [0.1, 0.15) is 43.2 Å². The molecule has 0 unspecified atom stereocenters. The lowest BCUT2D eigenvalue weighted by molar-refractivity contribution is -0.134. The molecule has 1 saturated carbocycles. The summed E-state index contributed by atoms with van der Waals surface area (Å²) in [7, 11) is 0. The molecule has 2 aromatic carbocycles. The molecule has 0 atom stereocenters. The zero-order valence-corrected chi connectivity index (χ0v) is 16.0. The number of hydrogen-bond donors (Lipinski definition) is 0. The SMILES string of the molecule is O=C(Cc1ccc2c(c1)OCCO2)N(Cc1ccc(F)cc1)C1CCCCC1. The van der Waals surface area contributed by atoms with Crippen molar-refractivity contribution in [1.29, 1.82) is 0 Å². The first-order valence-electron chi connectivity index (χ1n) is 10.1. The molecule has 0 spiro atoms. The van der Waals surface area contributed by atoms with Crippen LogP contribution in [-0.4, -0.2) is 30.1 Å². The van der Waals surface area contributed by atoms with E-state index in [4.69, 9.17) is 9.47 Å². The van der Waals surface area contributed by atoms with Gasteiger partial charge in [0.1, 0.15) is 19.0 Å². The molecule has 5 heteroatoms. The van der Waals surface area contributed by atoms with Crippen LogP contribution in [0.4, 0.5) is 4.39 Å². The van der Waals surface area contributed by atoms with E-state index in [1.807, 2.05) is 23.1 Å². The lowest BCUT2D eigenvalue weighted by Gasteiger charge is -2.35. The third-order valence-corrected chi connectivity index (χ3v) is 5.56. The molecule has 0 saturated heterocycles. The van der Waals surface area contributed by atoms with E-state index in [-0.39, 0.29) is 17.8 Å². The van der Waals surface area contributed by atoms with Crippen molar-refractivity contribution in [2.45, 2.75) is 51.1 Å². The van der Waals surface area contributed by atoms with Crippen LogP contribution < -0.4 is 9.47 Å². The van der Waals surface area contributed by atoms with Gasteiger partial charge in [-0.3, -0.25) is 4.79 Å². The van der Waals surface area contributed by atoms with E-state index in [2.05, 4.69) is 0 Å². The van der Waals surface area contributed by atoms with Crippen LogP contribution in [0.2, 0.25) is 0 Å². The molecule has 1 amide bonds. The molecule has 28 heavy (non-hydrogen) atoms. The number of fused-ring (bicyclic) bond motifs is 1. The quantitative estimate of drug-likeness (QED) is 0.763. The molecule has 2 aromatic rings. The van der Waals surface area contributed by atoms with E-state index in [1.54, 1.807) is 12.1 Å². The Bertz CT molecular complexity index is 815. The highest BCUT2D eigenvalue weighted by molar-refractivity contribution is 5.79. The number of amides is 1. The summed E-state index contributed by atoms with van der Waals surface area (Å²) < 4.78 is 24.5. The van der Waals surface area contributed by atoms with Crippen molar-refractivity contribution in [2.24, 2.45) is 0 Å². The van der Waals surface area contributed by atoms with Crippen LogP contribution in [0.3, 0.4) is 0 Å². The third-order valence-electron chi connectivity index (χ3n) is 5.56. The van der Waals surface area contributed by atoms with Crippen molar-refractivity contribution in [1.82, 2.24) is 4.90 Å². The highest BCUT2D eigenvalue weighted by Crippen LogP contribution is 2.31. The fraction of sp³-hybridized carbons (Fsp3) is 0.435. The van der Waals surface area contributed by atoms with E-state index in [9.17, 15) is 9.18 Å². The van der Waals surface area contributed by atoms with Gasteiger partial charge in [-0.25, -0.2) is 4.39 Å². The van der Waals surface area contributed by atoms with E-state index < -0.39 is 0 Å². The fourth-order valence-electron chi connectivity index (χ4n) is 4.07. The summed E-state index contributed by atoms with van der Waals surface area (Å²) in [4.78, 5) is 15.2. The minimum Gasteiger partial charge on any atom is -0.486 e. The van der Waals surface area contributed by atoms with Gasteiger partial charge in [0.15, 0.2) is 11.5 Å². The fourth-order valence-corrected chi connectivity index (χ4v) is 4.07. The first-order valence-corrected chi connectivity index (χ1v) is 10.1. The number of nitrogens with zero attached hydrogens (tertiary/aromatic N) is 1. The summed E-state index contributed by atoms with van der Waals surface area (Å²) in [6.45, 7) is 1.61. The zero-order valence-electron chi connectivity index (χ0n) is 16.0. The van der Waals surface area contributed by atoms with Gasteiger partial charge in [-0.1, -0.05) is 37.5 Å². The average molecular weight is 383 g/mol. The van der Waals surface area contributed by atoms with Gasteiger partial charge in [0.05, 0.1) is 6.42 Å². The van der Waals surface area contributed by atoms with Gasteiger partial charge in [-0.2, -0.15) is 0 Å². The van der Waals surface area contributed by atoms with E-state index in [0.717, 1.165) is 42.6 Å². The number of hydrogen-bond acceptors (Lipinski definition) is 3. The molecule has 1 aliphatic carbocycles. The van der Waals surface area contributed by atoms with Gasteiger partial charge >= 0.3 is 0 Å². The Balaban J connectivity index is 1.51. The number of ether oxygens (including phenoxy) is 2. The Labute approximate surface area is 165 Å². The van der Waals surface area contributed by atoms with Gasteiger partial charge in [0.25, 0.3) is 0 Å². The van der Waals surface area contributed by atoms with E-state index in [1.165, 1.54) is 18.6 Å². The smallest absolute Gasteiger partial charge is 0.227 e. The summed E-state index contributed by atoms with van der Waals surface area (Å²) in [5.74, 6) is 1.29. The predicted octanol–water partition coefficient (Wildman–Crippen LogP) is 4.50. The Morgan fingerprint density at radius 3 is 2.36 bits per heavy atom. The summed E-state index contributed by atoms with van der Waals surface area (Å²) >= 11 is 0. The van der Waals surface area contributed by atoms with Crippen LogP contribution in [0.5, 0.6) is 11.5 Å². The highest BCUT2D eigenvalue weighted by Gasteiger charge is 2.26. The molecular weight excluding hydrogens is 357 g/mol. The monoisotopic (exact) mass is 383 g/mol. The molecule has 4 nitrogen and oxygen atoms in total. The van der Waals surface area contributed by atoms with Crippen molar-refractivity contribution in [3.05, 3.63) is 59.4 Å². The summed E-state index contributed by atoms with van der Waals surface area (Å²) in [6, 6.07) is 12.4. The number of carbonyl (C=O) groups excluding carboxylic acids is 1. The third kappa shape index (κ3) is 4.46. The van der Waals surface area contributed by atoms with Crippen molar-refractivity contribution in [3.8, 4) is 11.5 Å². The normalized spacial score (nSPS) is 16.6. The van der Waals surface area contributed by atoms with Gasteiger partial charge in [-0.15, -0.1) is 0 Å². The van der Waals surface area contributed by atoms with Gasteiger partial charge in [-0.05, 0) is 48.2 Å². The molecule has 0 bridgehead atoms. The first-order chi connectivity index (χ1) is 13.7. The Hall–Kier alpha value is -2.56. The molecule has 0 radical (unpaired) electrons. The average Bonchev–Trinajstić information content (AvgIpc) is 2.74. The van der Waals surface area contributed by atoms with Crippen molar-refractivity contribution in [2.75, 3.05) is 13.2 Å². The molecule has 148 valence electrons. The summed E-state index contributed by atoms with van der Waals surface area (Å²) in [5, 5.41) is 0. The van der Waals surface area contributed by atoms with Gasteiger partial charge < -0.3 is 14.4 Å².